The van der Waals surface area contributed by atoms with Gasteiger partial charge in [-0.15, -0.1) is 0 Å². The zero-order valence-electron chi connectivity index (χ0n) is 27.4. The maximum atomic E-state index is 13.9. The van der Waals surface area contributed by atoms with Crippen molar-refractivity contribution in [1.82, 2.24) is 15.6 Å². The van der Waals surface area contributed by atoms with E-state index < -0.39 is 0 Å². The van der Waals surface area contributed by atoms with Crippen molar-refractivity contribution in [2.75, 3.05) is 38.3 Å². The van der Waals surface area contributed by atoms with E-state index in [0.29, 0.717) is 17.2 Å². The highest BCUT2D eigenvalue weighted by Gasteiger charge is 2.43. The van der Waals surface area contributed by atoms with Gasteiger partial charge in [-0.3, -0.25) is 9.59 Å². The van der Waals surface area contributed by atoms with Crippen LogP contribution in [-0.4, -0.2) is 61.5 Å². The van der Waals surface area contributed by atoms with Crippen LogP contribution >= 0.6 is 0 Å². The zero-order chi connectivity index (χ0) is 31.3. The first kappa shape index (κ1) is 32.7. The molecule has 44 heavy (non-hydrogen) atoms. The molecule has 2 atom stereocenters. The fraction of sp³-hybridized carbons (Fsp3) is 0.667. The van der Waals surface area contributed by atoms with E-state index in [1.165, 1.54) is 44.1 Å². The highest BCUT2D eigenvalue weighted by Crippen LogP contribution is 2.47. The van der Waals surface area contributed by atoms with E-state index in [9.17, 15) is 14.7 Å². The fourth-order valence-electron chi connectivity index (χ4n) is 8.23. The first-order chi connectivity index (χ1) is 21.2. The molecule has 1 aromatic carbocycles. The maximum Gasteiger partial charge on any atom is 0.253 e. The van der Waals surface area contributed by atoms with Gasteiger partial charge in [0.05, 0.1) is 6.61 Å². The molecule has 8 nitrogen and oxygen atoms in total. The molecule has 1 amide bonds. The molecule has 1 aromatic heterocycles. The summed E-state index contributed by atoms with van der Waals surface area (Å²) in [6.45, 7) is 8.48. The van der Waals surface area contributed by atoms with Gasteiger partial charge in [-0.2, -0.15) is 0 Å². The second kappa shape index (κ2) is 14.6. The molecule has 3 fully saturated rings. The summed E-state index contributed by atoms with van der Waals surface area (Å²) in [5.74, 6) is 0.0919. The van der Waals surface area contributed by atoms with Crippen LogP contribution in [0, 0.1) is 26.2 Å². The van der Waals surface area contributed by atoms with Crippen molar-refractivity contribution in [3.63, 3.8) is 0 Å². The number of aliphatic hydroxyl groups is 1. The first-order valence-corrected chi connectivity index (χ1v) is 17.0. The molecular formula is C36H54N4O4. The lowest BCUT2D eigenvalue weighted by Gasteiger charge is -2.48. The number of H-pyrrole nitrogens is 1. The number of aromatic amines is 1. The molecule has 4 N–H and O–H groups in total. The molecule has 1 spiro atoms. The van der Waals surface area contributed by atoms with Crippen molar-refractivity contribution in [2.45, 2.75) is 116 Å². The molecule has 1 aliphatic carbocycles. The topological polar surface area (TPSA) is 107 Å². The number of hydrogen-bond donors (Lipinski definition) is 4. The van der Waals surface area contributed by atoms with Crippen LogP contribution in [0.3, 0.4) is 0 Å². The van der Waals surface area contributed by atoms with E-state index in [4.69, 9.17) is 4.74 Å². The van der Waals surface area contributed by atoms with Crippen molar-refractivity contribution in [3.05, 3.63) is 62.1 Å². The smallest absolute Gasteiger partial charge is 0.253 e. The number of aliphatic hydroxyl groups excluding tert-OH is 1. The average molecular weight is 607 g/mol. The van der Waals surface area contributed by atoms with Crippen LogP contribution in [0.2, 0.25) is 0 Å². The summed E-state index contributed by atoms with van der Waals surface area (Å²) in [5.41, 5.74) is 6.10. The summed E-state index contributed by atoms with van der Waals surface area (Å²) in [6.07, 6.45) is 12.8. The molecular weight excluding hydrogens is 552 g/mol. The van der Waals surface area contributed by atoms with Crippen LogP contribution in [0.25, 0.3) is 0 Å². The highest BCUT2D eigenvalue weighted by molar-refractivity contribution is 5.97. The second-order valence-electron chi connectivity index (χ2n) is 13.8. The third kappa shape index (κ3) is 7.24. The van der Waals surface area contributed by atoms with Crippen molar-refractivity contribution in [3.8, 4) is 0 Å². The molecule has 2 aliphatic heterocycles. The van der Waals surface area contributed by atoms with Gasteiger partial charge < -0.3 is 30.4 Å². The molecule has 2 saturated heterocycles. The number of nitrogens with one attached hydrogen (secondary N) is 3. The Morgan fingerprint density at radius 2 is 1.73 bits per heavy atom. The van der Waals surface area contributed by atoms with Crippen LogP contribution < -0.4 is 21.1 Å². The Morgan fingerprint density at radius 3 is 2.39 bits per heavy atom. The number of ether oxygens (including phenoxy) is 1. The number of amides is 1. The van der Waals surface area contributed by atoms with E-state index in [-0.39, 0.29) is 42.0 Å². The van der Waals surface area contributed by atoms with Crippen molar-refractivity contribution in [2.24, 2.45) is 5.41 Å². The third-order valence-corrected chi connectivity index (χ3v) is 10.9. The Balaban J connectivity index is 1.48. The van der Waals surface area contributed by atoms with Gasteiger partial charge in [0.1, 0.15) is 0 Å². The fourth-order valence-corrected chi connectivity index (χ4v) is 8.23. The van der Waals surface area contributed by atoms with Gasteiger partial charge in [0.15, 0.2) is 0 Å². The highest BCUT2D eigenvalue weighted by atomic mass is 16.5. The van der Waals surface area contributed by atoms with E-state index in [1.54, 1.807) is 0 Å². The SMILES string of the molecule is Cc1cc(C)c(CNC(=O)c2cc(C3CNC(CO)C4(CCCCCCCC4)C3)cc(N(C)C3CCOCC3)c2C)c(=O)[nH]1. The number of aryl methyl sites for hydroxylation is 2. The number of benzene rings is 1. The number of anilines is 1. The Labute approximate surface area is 263 Å². The van der Waals surface area contributed by atoms with Crippen LogP contribution in [0.5, 0.6) is 0 Å². The van der Waals surface area contributed by atoms with Crippen LogP contribution in [-0.2, 0) is 11.3 Å². The summed E-state index contributed by atoms with van der Waals surface area (Å²) in [6, 6.07) is 6.84. The largest absolute Gasteiger partial charge is 0.395 e. The molecule has 3 heterocycles. The lowest BCUT2D eigenvalue weighted by molar-refractivity contribution is 0.0512. The summed E-state index contributed by atoms with van der Waals surface area (Å²) in [4.78, 5) is 31.8. The first-order valence-electron chi connectivity index (χ1n) is 17.0. The van der Waals surface area contributed by atoms with Gasteiger partial charge in [-0.25, -0.2) is 0 Å². The van der Waals surface area contributed by atoms with E-state index in [1.807, 2.05) is 19.9 Å². The van der Waals surface area contributed by atoms with E-state index in [0.717, 1.165) is 74.4 Å². The molecule has 242 valence electrons. The lowest BCUT2D eigenvalue weighted by atomic mass is 9.64. The standard InChI is InChI=1S/C36H54N4O4/c1-24-17-25(2)39-35(43)31(24)22-38-34(42)30-18-27(19-32(26(30)3)40(4)29-11-15-44-16-12-29)28-20-36(33(23-41)37-21-28)13-9-7-5-6-8-10-14-36/h17-19,28-29,33,37,41H,5-16,20-23H2,1-4H3,(H,38,42)(H,39,43). The van der Waals surface area contributed by atoms with Crippen LogP contribution in [0.4, 0.5) is 5.69 Å². The monoisotopic (exact) mass is 606 g/mol. The minimum Gasteiger partial charge on any atom is -0.395 e. The molecule has 2 aromatic rings. The molecule has 3 aliphatic rings. The van der Waals surface area contributed by atoms with Gasteiger partial charge >= 0.3 is 0 Å². The van der Waals surface area contributed by atoms with Gasteiger partial charge in [0, 0.05) is 67.9 Å². The van der Waals surface area contributed by atoms with Crippen molar-refractivity contribution in [1.29, 1.82) is 0 Å². The molecule has 2 unspecified atom stereocenters. The summed E-state index contributed by atoms with van der Waals surface area (Å²) in [5, 5.41) is 17.3. The van der Waals surface area contributed by atoms with Gasteiger partial charge in [0.2, 0.25) is 0 Å². The number of aromatic nitrogens is 1. The predicted molar refractivity (Wildman–Crippen MR) is 177 cm³/mol. The van der Waals surface area contributed by atoms with Crippen molar-refractivity contribution < 1.29 is 14.6 Å². The average Bonchev–Trinajstić information content (AvgIpc) is 3.13. The minimum absolute atomic E-state index is 0.0616. The second-order valence-corrected chi connectivity index (χ2v) is 13.8. The van der Waals surface area contributed by atoms with Crippen molar-refractivity contribution >= 4 is 11.6 Å². The quantitative estimate of drug-likeness (QED) is 0.336. The molecule has 0 bridgehead atoms. The van der Waals surface area contributed by atoms with Gasteiger partial charge in [-0.05, 0) is 99.1 Å². The van der Waals surface area contributed by atoms with Gasteiger partial charge in [-0.1, -0.05) is 38.5 Å². The minimum atomic E-state index is -0.153. The number of carbonyl (C=O) groups excluding carboxylic acids is 1. The van der Waals surface area contributed by atoms with E-state index in [2.05, 4.69) is 46.6 Å². The normalized spacial score (nSPS) is 23.0. The Morgan fingerprint density at radius 1 is 1.05 bits per heavy atom. The number of rotatable bonds is 7. The number of carbonyl (C=O) groups is 1. The Hall–Kier alpha value is -2.68. The summed E-state index contributed by atoms with van der Waals surface area (Å²) >= 11 is 0. The number of hydrogen-bond acceptors (Lipinski definition) is 6. The zero-order valence-corrected chi connectivity index (χ0v) is 27.4. The number of nitrogens with zero attached hydrogens (tertiary/aromatic N) is 1. The van der Waals surface area contributed by atoms with Gasteiger partial charge in [0.25, 0.3) is 11.5 Å². The Bertz CT molecular complexity index is 1340. The van der Waals surface area contributed by atoms with Crippen LogP contribution in [0.15, 0.2) is 23.0 Å². The number of piperidine rings is 1. The predicted octanol–water partition coefficient (Wildman–Crippen LogP) is 5.40. The lowest BCUT2D eigenvalue weighted by Crippen LogP contribution is -2.54. The molecule has 5 rings (SSSR count). The third-order valence-electron chi connectivity index (χ3n) is 10.9. The Kier molecular flexibility index (Phi) is 10.9. The summed E-state index contributed by atoms with van der Waals surface area (Å²) < 4.78 is 5.66. The molecule has 8 heteroatoms. The molecule has 1 saturated carbocycles. The molecule has 0 radical (unpaired) electrons. The summed E-state index contributed by atoms with van der Waals surface area (Å²) in [7, 11) is 2.15. The maximum absolute atomic E-state index is 13.9. The number of pyridine rings is 1. The van der Waals surface area contributed by atoms with Crippen LogP contribution in [0.1, 0.15) is 115 Å². The van der Waals surface area contributed by atoms with E-state index >= 15 is 0 Å².